The number of amides is 1. The van der Waals surface area contributed by atoms with E-state index in [1.165, 1.54) is 0 Å². The first kappa shape index (κ1) is 14.4. The Balaban J connectivity index is 2.46. The van der Waals surface area contributed by atoms with E-state index >= 15 is 0 Å². The second kappa shape index (κ2) is 5.30. The molecule has 0 radical (unpaired) electrons. The Bertz CT molecular complexity index is 276. The molecule has 1 amide bonds. The maximum absolute atomic E-state index is 11.6. The molecule has 4 N–H and O–H groups in total. The Labute approximate surface area is 101 Å². The molecule has 0 saturated carbocycles. The quantitative estimate of drug-likeness (QED) is 0.493. The summed E-state index contributed by atoms with van der Waals surface area (Å²) in [6.07, 6.45) is -3.68. The molecule has 6 heteroatoms. The van der Waals surface area contributed by atoms with Crippen LogP contribution in [-0.2, 0) is 9.53 Å². The zero-order valence-electron chi connectivity index (χ0n) is 10.4. The maximum Gasteiger partial charge on any atom is 0.225 e. The van der Waals surface area contributed by atoms with Crippen molar-refractivity contribution in [3.8, 4) is 0 Å². The average molecular weight is 247 g/mol. The van der Waals surface area contributed by atoms with Gasteiger partial charge in [-0.3, -0.25) is 4.79 Å². The van der Waals surface area contributed by atoms with E-state index in [2.05, 4.69) is 5.32 Å². The highest BCUT2D eigenvalue weighted by Crippen LogP contribution is 2.21. The third-order valence-electron chi connectivity index (χ3n) is 2.79. The van der Waals surface area contributed by atoms with Crippen LogP contribution in [0.4, 0.5) is 0 Å². The molecule has 0 aromatic carbocycles. The predicted octanol–water partition coefficient (Wildman–Crippen LogP) is -1.37. The molecule has 0 bridgehead atoms. The first-order valence-corrected chi connectivity index (χ1v) is 5.68. The van der Waals surface area contributed by atoms with Gasteiger partial charge in [-0.25, -0.2) is 0 Å². The van der Waals surface area contributed by atoms with Gasteiger partial charge < -0.3 is 25.4 Å². The molecular weight excluding hydrogens is 226 g/mol. The minimum Gasteiger partial charge on any atom is -0.394 e. The van der Waals surface area contributed by atoms with Crippen molar-refractivity contribution in [2.45, 2.75) is 45.2 Å². The molecule has 1 aliphatic rings. The van der Waals surface area contributed by atoms with Crippen molar-refractivity contribution in [3.63, 3.8) is 0 Å². The molecule has 1 fully saturated rings. The molecule has 17 heavy (non-hydrogen) atoms. The number of nitrogens with one attached hydrogen (secondary N) is 1. The summed E-state index contributed by atoms with van der Waals surface area (Å²) in [5.74, 6) is -0.157. The highest BCUT2D eigenvalue weighted by Gasteiger charge is 2.42. The lowest BCUT2D eigenvalue weighted by molar-refractivity contribution is -0.129. The smallest absolute Gasteiger partial charge is 0.225 e. The van der Waals surface area contributed by atoms with Gasteiger partial charge in [0.15, 0.2) is 0 Å². The van der Waals surface area contributed by atoms with E-state index in [4.69, 9.17) is 9.84 Å². The molecule has 0 aromatic heterocycles. The number of ether oxygens (including phenoxy) is 1. The van der Waals surface area contributed by atoms with Crippen molar-refractivity contribution in [1.82, 2.24) is 5.32 Å². The fourth-order valence-corrected chi connectivity index (χ4v) is 1.60. The molecule has 1 aliphatic heterocycles. The van der Waals surface area contributed by atoms with Crippen LogP contribution in [0.1, 0.15) is 20.8 Å². The minimum absolute atomic E-state index is 0.116. The van der Waals surface area contributed by atoms with Crippen molar-refractivity contribution in [3.05, 3.63) is 0 Å². The topological polar surface area (TPSA) is 99.0 Å². The van der Waals surface area contributed by atoms with E-state index in [0.29, 0.717) is 0 Å². The van der Waals surface area contributed by atoms with Crippen molar-refractivity contribution in [2.75, 3.05) is 13.2 Å². The Morgan fingerprint density at radius 1 is 1.24 bits per heavy atom. The molecular formula is C11H21NO5. The van der Waals surface area contributed by atoms with E-state index < -0.39 is 29.8 Å². The van der Waals surface area contributed by atoms with Crippen LogP contribution < -0.4 is 5.32 Å². The zero-order chi connectivity index (χ0) is 13.2. The summed E-state index contributed by atoms with van der Waals surface area (Å²) >= 11 is 0. The van der Waals surface area contributed by atoms with Crippen LogP contribution in [0, 0.1) is 5.41 Å². The molecule has 1 saturated heterocycles. The van der Waals surface area contributed by atoms with Crippen molar-refractivity contribution in [1.29, 1.82) is 0 Å². The van der Waals surface area contributed by atoms with Crippen LogP contribution in [0.2, 0.25) is 0 Å². The van der Waals surface area contributed by atoms with Crippen LogP contribution in [0.3, 0.4) is 0 Å². The molecule has 0 unspecified atom stereocenters. The van der Waals surface area contributed by atoms with E-state index in [9.17, 15) is 15.0 Å². The third-order valence-corrected chi connectivity index (χ3v) is 2.79. The zero-order valence-corrected chi connectivity index (χ0v) is 10.4. The lowest BCUT2D eigenvalue weighted by Gasteiger charge is -2.21. The number of hydrogen-bond donors (Lipinski definition) is 4. The highest BCUT2D eigenvalue weighted by molar-refractivity contribution is 5.81. The van der Waals surface area contributed by atoms with Crippen LogP contribution in [0.5, 0.6) is 0 Å². The number of carbonyl (C=O) groups is 1. The SMILES string of the molecule is CC(C)(C)C(=O)NC[C@H]1O[C@H](CO)[C@@H](O)[C@@H]1O. The summed E-state index contributed by atoms with van der Waals surface area (Å²) in [5.41, 5.74) is -0.515. The number of hydrogen-bond acceptors (Lipinski definition) is 5. The van der Waals surface area contributed by atoms with E-state index in [1.807, 2.05) is 0 Å². The summed E-state index contributed by atoms with van der Waals surface area (Å²) in [4.78, 5) is 11.6. The standard InChI is InChI=1S/C11H21NO5/c1-11(2,3)10(16)12-4-6-8(14)9(15)7(5-13)17-6/h6-9,13-15H,4-5H2,1-3H3,(H,12,16)/t6-,7-,8-,9-/m1/s1. The number of rotatable bonds is 3. The van der Waals surface area contributed by atoms with Gasteiger partial charge in [-0.15, -0.1) is 0 Å². The first-order valence-electron chi connectivity index (χ1n) is 5.68. The van der Waals surface area contributed by atoms with Gasteiger partial charge in [0.1, 0.15) is 24.4 Å². The van der Waals surface area contributed by atoms with Crippen LogP contribution in [0.25, 0.3) is 0 Å². The summed E-state index contributed by atoms with van der Waals surface area (Å²) in [6.45, 7) is 5.09. The number of aliphatic hydroxyl groups excluding tert-OH is 3. The normalized spacial score (nSPS) is 33.8. The fraction of sp³-hybridized carbons (Fsp3) is 0.909. The predicted molar refractivity (Wildman–Crippen MR) is 60.2 cm³/mol. The second-order valence-corrected chi connectivity index (χ2v) is 5.34. The van der Waals surface area contributed by atoms with Gasteiger partial charge >= 0.3 is 0 Å². The van der Waals surface area contributed by atoms with Crippen molar-refractivity contribution in [2.24, 2.45) is 5.41 Å². The first-order chi connectivity index (χ1) is 7.77. The molecule has 1 rings (SSSR count). The molecule has 6 nitrogen and oxygen atoms in total. The van der Waals surface area contributed by atoms with Crippen molar-refractivity contribution >= 4 is 5.91 Å². The summed E-state index contributed by atoms with van der Waals surface area (Å²) in [6, 6.07) is 0. The average Bonchev–Trinajstić information content (AvgIpc) is 2.51. The number of aliphatic hydroxyl groups is 3. The molecule has 0 aliphatic carbocycles. The van der Waals surface area contributed by atoms with Gasteiger partial charge in [0.25, 0.3) is 0 Å². The molecule has 0 spiro atoms. The van der Waals surface area contributed by atoms with Crippen LogP contribution in [0.15, 0.2) is 0 Å². The summed E-state index contributed by atoms with van der Waals surface area (Å²) in [5, 5.41) is 30.7. The van der Waals surface area contributed by atoms with Gasteiger partial charge in [-0.05, 0) is 0 Å². The second-order valence-electron chi connectivity index (χ2n) is 5.34. The van der Waals surface area contributed by atoms with Gasteiger partial charge in [-0.2, -0.15) is 0 Å². The Morgan fingerprint density at radius 2 is 1.76 bits per heavy atom. The third kappa shape index (κ3) is 3.38. The van der Waals surface area contributed by atoms with Gasteiger partial charge in [0.05, 0.1) is 6.61 Å². The lowest BCUT2D eigenvalue weighted by Crippen LogP contribution is -2.43. The van der Waals surface area contributed by atoms with Crippen LogP contribution >= 0.6 is 0 Å². The fourth-order valence-electron chi connectivity index (χ4n) is 1.60. The van der Waals surface area contributed by atoms with E-state index in [0.717, 1.165) is 0 Å². The Kier molecular flexibility index (Phi) is 4.48. The minimum atomic E-state index is -1.11. The molecule has 0 aromatic rings. The maximum atomic E-state index is 11.6. The molecule has 100 valence electrons. The van der Waals surface area contributed by atoms with Gasteiger partial charge in [-0.1, -0.05) is 20.8 Å². The Morgan fingerprint density at radius 3 is 2.18 bits per heavy atom. The van der Waals surface area contributed by atoms with E-state index in [-0.39, 0.29) is 19.1 Å². The number of carbonyl (C=O) groups excluding carboxylic acids is 1. The van der Waals surface area contributed by atoms with Gasteiger partial charge in [0, 0.05) is 12.0 Å². The monoisotopic (exact) mass is 247 g/mol. The van der Waals surface area contributed by atoms with Crippen LogP contribution in [-0.4, -0.2) is 58.8 Å². The summed E-state index contributed by atoms with van der Waals surface area (Å²) < 4.78 is 5.23. The lowest BCUT2D eigenvalue weighted by atomic mass is 9.95. The van der Waals surface area contributed by atoms with Gasteiger partial charge in [0.2, 0.25) is 5.91 Å². The highest BCUT2D eigenvalue weighted by atomic mass is 16.6. The molecule has 1 heterocycles. The van der Waals surface area contributed by atoms with Crippen molar-refractivity contribution < 1.29 is 24.9 Å². The largest absolute Gasteiger partial charge is 0.394 e. The molecule has 4 atom stereocenters. The summed E-state index contributed by atoms with van der Waals surface area (Å²) in [7, 11) is 0. The Hall–Kier alpha value is -0.690. The van der Waals surface area contributed by atoms with E-state index in [1.54, 1.807) is 20.8 Å².